The zero-order valence-corrected chi connectivity index (χ0v) is 7.81. The van der Waals surface area contributed by atoms with Crippen molar-refractivity contribution in [2.75, 3.05) is 13.2 Å². The second-order valence-corrected chi connectivity index (χ2v) is 3.19. The Morgan fingerprint density at radius 2 is 2.14 bits per heavy atom. The molecule has 1 aromatic rings. The van der Waals surface area contributed by atoms with E-state index in [2.05, 4.69) is 0 Å². The maximum absolute atomic E-state index is 10.3. The largest absolute Gasteiger partial charge is 0.346 e. The Labute approximate surface area is 82.6 Å². The third-order valence-corrected chi connectivity index (χ3v) is 2.16. The number of hydrogen-bond acceptors (Lipinski definition) is 3. The highest BCUT2D eigenvalue weighted by Crippen LogP contribution is 2.23. The average Bonchev–Trinajstić information content (AvgIpc) is 2.71. The topological polar surface area (TPSA) is 35.5 Å². The van der Waals surface area contributed by atoms with Crippen LogP contribution in [0.4, 0.5) is 0 Å². The molecule has 0 bridgehead atoms. The van der Waals surface area contributed by atoms with Gasteiger partial charge in [0.2, 0.25) is 0 Å². The first kappa shape index (κ1) is 9.37. The standard InChI is InChI=1S/C11H12O3/c12-5-4-9-2-1-3-10(8-9)11-13-6-7-14-11/h1-3,5,8,11H,4,6-7H2. The second-order valence-electron chi connectivity index (χ2n) is 3.19. The van der Waals surface area contributed by atoms with Crippen LogP contribution in [-0.2, 0) is 20.7 Å². The molecule has 74 valence electrons. The molecule has 0 aromatic heterocycles. The second kappa shape index (κ2) is 4.35. The number of carbonyl (C=O) groups excluding carboxylic acids is 1. The van der Waals surface area contributed by atoms with E-state index in [0.717, 1.165) is 17.4 Å². The van der Waals surface area contributed by atoms with Gasteiger partial charge in [0.25, 0.3) is 0 Å². The first-order valence-electron chi connectivity index (χ1n) is 4.66. The summed E-state index contributed by atoms with van der Waals surface area (Å²) in [7, 11) is 0. The third-order valence-electron chi connectivity index (χ3n) is 2.16. The van der Waals surface area contributed by atoms with E-state index >= 15 is 0 Å². The van der Waals surface area contributed by atoms with Crippen molar-refractivity contribution in [2.24, 2.45) is 0 Å². The normalized spacial score (nSPS) is 17.1. The van der Waals surface area contributed by atoms with Gasteiger partial charge in [-0.2, -0.15) is 0 Å². The monoisotopic (exact) mass is 192 g/mol. The number of rotatable bonds is 3. The lowest BCUT2D eigenvalue weighted by molar-refractivity contribution is -0.107. The number of carbonyl (C=O) groups is 1. The van der Waals surface area contributed by atoms with Crippen LogP contribution in [0.5, 0.6) is 0 Å². The van der Waals surface area contributed by atoms with E-state index in [9.17, 15) is 4.79 Å². The Balaban J connectivity index is 2.16. The molecule has 0 unspecified atom stereocenters. The molecule has 14 heavy (non-hydrogen) atoms. The van der Waals surface area contributed by atoms with E-state index in [0.29, 0.717) is 19.6 Å². The Hall–Kier alpha value is -1.19. The van der Waals surface area contributed by atoms with Crippen molar-refractivity contribution in [3.05, 3.63) is 35.4 Å². The van der Waals surface area contributed by atoms with Gasteiger partial charge in [0.15, 0.2) is 6.29 Å². The van der Waals surface area contributed by atoms with Gasteiger partial charge >= 0.3 is 0 Å². The maximum atomic E-state index is 10.3. The fourth-order valence-electron chi connectivity index (χ4n) is 1.51. The van der Waals surface area contributed by atoms with Gasteiger partial charge in [-0.05, 0) is 5.56 Å². The minimum Gasteiger partial charge on any atom is -0.346 e. The van der Waals surface area contributed by atoms with Gasteiger partial charge in [0, 0.05) is 12.0 Å². The van der Waals surface area contributed by atoms with Gasteiger partial charge in [0.1, 0.15) is 6.29 Å². The summed E-state index contributed by atoms with van der Waals surface area (Å²) >= 11 is 0. The first-order chi connectivity index (χ1) is 6.90. The molecule has 0 radical (unpaired) electrons. The quantitative estimate of drug-likeness (QED) is 0.680. The van der Waals surface area contributed by atoms with E-state index in [4.69, 9.17) is 9.47 Å². The first-order valence-corrected chi connectivity index (χ1v) is 4.66. The summed E-state index contributed by atoms with van der Waals surface area (Å²) in [4.78, 5) is 10.3. The van der Waals surface area contributed by atoms with E-state index in [1.165, 1.54) is 0 Å². The molecule has 0 aliphatic carbocycles. The van der Waals surface area contributed by atoms with Gasteiger partial charge in [-0.15, -0.1) is 0 Å². The van der Waals surface area contributed by atoms with Crippen molar-refractivity contribution in [1.29, 1.82) is 0 Å². The molecule has 3 heteroatoms. The summed E-state index contributed by atoms with van der Waals surface area (Å²) in [5, 5.41) is 0. The van der Waals surface area contributed by atoms with Gasteiger partial charge in [-0.3, -0.25) is 0 Å². The molecule has 0 saturated carbocycles. The van der Waals surface area contributed by atoms with Crippen LogP contribution in [0.25, 0.3) is 0 Å². The third kappa shape index (κ3) is 2.00. The number of ether oxygens (including phenoxy) is 2. The highest BCUT2D eigenvalue weighted by molar-refractivity contribution is 5.55. The SMILES string of the molecule is O=CCc1cccc(C2OCCO2)c1. The lowest BCUT2D eigenvalue weighted by Gasteiger charge is -2.09. The van der Waals surface area contributed by atoms with Crippen LogP contribution in [0.3, 0.4) is 0 Å². The zero-order chi connectivity index (χ0) is 9.80. The van der Waals surface area contributed by atoms with Gasteiger partial charge < -0.3 is 14.3 Å². The number of hydrogen-bond donors (Lipinski definition) is 0. The lowest BCUT2D eigenvalue weighted by Crippen LogP contribution is -1.99. The molecular formula is C11H12O3. The fourth-order valence-corrected chi connectivity index (χ4v) is 1.51. The highest BCUT2D eigenvalue weighted by atomic mass is 16.7. The maximum Gasteiger partial charge on any atom is 0.184 e. The summed E-state index contributed by atoms with van der Waals surface area (Å²) in [6.45, 7) is 1.28. The van der Waals surface area contributed by atoms with Gasteiger partial charge in [-0.25, -0.2) is 0 Å². The van der Waals surface area contributed by atoms with E-state index in [-0.39, 0.29) is 6.29 Å². The Bertz CT molecular complexity index is 316. The minimum atomic E-state index is -0.249. The van der Waals surface area contributed by atoms with Crippen molar-refractivity contribution >= 4 is 6.29 Å². The summed E-state index contributed by atoms with van der Waals surface area (Å²) in [5.74, 6) is 0. The molecule has 0 atom stereocenters. The summed E-state index contributed by atoms with van der Waals surface area (Å²) < 4.78 is 10.7. The predicted molar refractivity (Wildman–Crippen MR) is 50.9 cm³/mol. The summed E-state index contributed by atoms with van der Waals surface area (Å²) in [6, 6.07) is 7.74. The van der Waals surface area contributed by atoms with Crippen LogP contribution in [0.15, 0.2) is 24.3 Å². The average molecular weight is 192 g/mol. The molecule has 1 aromatic carbocycles. The van der Waals surface area contributed by atoms with Crippen LogP contribution in [0, 0.1) is 0 Å². The van der Waals surface area contributed by atoms with E-state index in [1.54, 1.807) is 0 Å². The minimum absolute atomic E-state index is 0.249. The van der Waals surface area contributed by atoms with Crippen molar-refractivity contribution in [1.82, 2.24) is 0 Å². The molecule has 1 heterocycles. The smallest absolute Gasteiger partial charge is 0.184 e. The molecule has 2 rings (SSSR count). The number of benzene rings is 1. The zero-order valence-electron chi connectivity index (χ0n) is 7.81. The van der Waals surface area contributed by atoms with Crippen LogP contribution in [-0.4, -0.2) is 19.5 Å². The lowest BCUT2D eigenvalue weighted by atomic mass is 10.1. The molecule has 1 fully saturated rings. The molecule has 0 amide bonds. The predicted octanol–water partition coefficient (Wildman–Crippen LogP) is 1.47. The van der Waals surface area contributed by atoms with Crippen LogP contribution in [0.2, 0.25) is 0 Å². The van der Waals surface area contributed by atoms with Crippen LogP contribution >= 0.6 is 0 Å². The Kier molecular flexibility index (Phi) is 2.91. The fraction of sp³-hybridized carbons (Fsp3) is 0.364. The molecule has 1 aliphatic rings. The van der Waals surface area contributed by atoms with Crippen LogP contribution < -0.4 is 0 Å². The highest BCUT2D eigenvalue weighted by Gasteiger charge is 2.17. The Morgan fingerprint density at radius 3 is 2.86 bits per heavy atom. The van der Waals surface area contributed by atoms with Crippen molar-refractivity contribution < 1.29 is 14.3 Å². The van der Waals surface area contributed by atoms with Crippen LogP contribution in [0.1, 0.15) is 17.4 Å². The molecule has 1 saturated heterocycles. The van der Waals surface area contributed by atoms with Crippen molar-refractivity contribution in [3.63, 3.8) is 0 Å². The molecule has 1 aliphatic heterocycles. The number of aldehydes is 1. The molecule has 0 spiro atoms. The van der Waals surface area contributed by atoms with Crippen molar-refractivity contribution in [2.45, 2.75) is 12.7 Å². The van der Waals surface area contributed by atoms with Crippen molar-refractivity contribution in [3.8, 4) is 0 Å². The summed E-state index contributed by atoms with van der Waals surface area (Å²) in [6.07, 6.45) is 1.09. The van der Waals surface area contributed by atoms with E-state index < -0.39 is 0 Å². The van der Waals surface area contributed by atoms with Gasteiger partial charge in [-0.1, -0.05) is 24.3 Å². The van der Waals surface area contributed by atoms with E-state index in [1.807, 2.05) is 24.3 Å². The molecule has 3 nitrogen and oxygen atoms in total. The molecule has 0 N–H and O–H groups in total. The molecular weight excluding hydrogens is 180 g/mol. The van der Waals surface area contributed by atoms with Gasteiger partial charge in [0.05, 0.1) is 13.2 Å². The summed E-state index contributed by atoms with van der Waals surface area (Å²) in [5.41, 5.74) is 1.98. The Morgan fingerprint density at radius 1 is 1.36 bits per heavy atom.